The van der Waals surface area contributed by atoms with E-state index in [1.165, 1.54) is 12.1 Å². The van der Waals surface area contributed by atoms with Crippen molar-refractivity contribution in [1.82, 2.24) is 20.3 Å². The average molecular weight is 418 g/mol. The molecule has 2 aromatic heterocycles. The number of rotatable bonds is 3. The van der Waals surface area contributed by atoms with Crippen LogP contribution in [0.25, 0.3) is 33.5 Å². The molecular formula is C26H18N4O2. The number of phenols is 1. The molecule has 6 heteroatoms. The summed E-state index contributed by atoms with van der Waals surface area (Å²) < 4.78 is 0. The van der Waals surface area contributed by atoms with Crippen molar-refractivity contribution in [2.24, 2.45) is 0 Å². The zero-order chi connectivity index (χ0) is 21.7. The van der Waals surface area contributed by atoms with E-state index in [0.717, 1.165) is 44.7 Å². The molecule has 0 aliphatic heterocycles. The summed E-state index contributed by atoms with van der Waals surface area (Å²) in [6.07, 6.45) is 3.50. The molecule has 1 atom stereocenters. The van der Waals surface area contributed by atoms with Crippen molar-refractivity contribution in [1.29, 1.82) is 0 Å². The van der Waals surface area contributed by atoms with Crippen LogP contribution in [0, 0.1) is 0 Å². The standard InChI is InChI=1S/C26H18N4O2/c31-16-10-8-15(9-11-16)26(32)30-24-18-5-2-1-4-17(18)23-19(24)6-3-7-20(23)25-28-21-12-13-27-14-22(21)29-25/h1-14,24,31H,(H,28,29)(H,30,32)/t24-/m1/s1. The Hall–Kier alpha value is -4.45. The van der Waals surface area contributed by atoms with Gasteiger partial charge in [0.05, 0.1) is 23.3 Å². The van der Waals surface area contributed by atoms with Crippen LogP contribution >= 0.6 is 0 Å². The van der Waals surface area contributed by atoms with Crippen molar-refractivity contribution in [3.05, 3.63) is 102 Å². The fourth-order valence-corrected chi connectivity index (χ4v) is 4.42. The largest absolute Gasteiger partial charge is 0.508 e. The molecule has 0 bridgehead atoms. The number of H-pyrrole nitrogens is 1. The molecule has 0 spiro atoms. The third-order valence-electron chi connectivity index (χ3n) is 5.89. The molecule has 32 heavy (non-hydrogen) atoms. The van der Waals surface area contributed by atoms with Gasteiger partial charge in [-0.3, -0.25) is 9.78 Å². The van der Waals surface area contributed by atoms with E-state index < -0.39 is 0 Å². The van der Waals surface area contributed by atoms with E-state index in [1.54, 1.807) is 24.5 Å². The predicted octanol–water partition coefficient (Wildman–Crippen LogP) is 4.83. The fraction of sp³-hybridized carbons (Fsp3) is 0.0385. The van der Waals surface area contributed by atoms with Crippen LogP contribution in [0.15, 0.2) is 85.2 Å². The summed E-state index contributed by atoms with van der Waals surface area (Å²) in [5.74, 6) is 0.701. The highest BCUT2D eigenvalue weighted by Crippen LogP contribution is 2.47. The number of aromatic hydroxyl groups is 1. The number of nitrogens with zero attached hydrogens (tertiary/aromatic N) is 2. The Labute approximate surface area is 183 Å². The summed E-state index contributed by atoms with van der Waals surface area (Å²) in [6.45, 7) is 0. The topological polar surface area (TPSA) is 90.9 Å². The average Bonchev–Trinajstić information content (AvgIpc) is 3.39. The van der Waals surface area contributed by atoms with Gasteiger partial charge in [-0.15, -0.1) is 0 Å². The maximum absolute atomic E-state index is 13.0. The molecule has 5 aromatic rings. The van der Waals surface area contributed by atoms with Crippen molar-refractivity contribution < 1.29 is 9.90 Å². The number of hydrogen-bond acceptors (Lipinski definition) is 4. The van der Waals surface area contributed by atoms with Crippen molar-refractivity contribution in [3.8, 4) is 28.3 Å². The summed E-state index contributed by atoms with van der Waals surface area (Å²) in [5, 5.41) is 12.7. The molecule has 1 amide bonds. The van der Waals surface area contributed by atoms with E-state index in [-0.39, 0.29) is 17.7 Å². The number of aromatic amines is 1. The SMILES string of the molecule is O=C(N[C@@H]1c2ccccc2-c2c(-c3nc4ccncc4[nH]3)cccc21)c1ccc(O)cc1. The van der Waals surface area contributed by atoms with Crippen LogP contribution < -0.4 is 5.32 Å². The molecule has 0 saturated heterocycles. The van der Waals surface area contributed by atoms with Gasteiger partial charge >= 0.3 is 0 Å². The summed E-state index contributed by atoms with van der Waals surface area (Å²) in [5.41, 5.74) is 7.41. The van der Waals surface area contributed by atoms with Crippen LogP contribution in [0.1, 0.15) is 27.5 Å². The number of nitrogens with one attached hydrogen (secondary N) is 2. The van der Waals surface area contributed by atoms with Crippen LogP contribution in [-0.4, -0.2) is 26.0 Å². The van der Waals surface area contributed by atoms with E-state index in [9.17, 15) is 9.90 Å². The lowest BCUT2D eigenvalue weighted by atomic mass is 9.98. The van der Waals surface area contributed by atoms with Gasteiger partial charge in [0.25, 0.3) is 5.91 Å². The number of imidazole rings is 1. The predicted molar refractivity (Wildman–Crippen MR) is 122 cm³/mol. The van der Waals surface area contributed by atoms with Gasteiger partial charge in [-0.2, -0.15) is 0 Å². The number of pyridine rings is 1. The van der Waals surface area contributed by atoms with Crippen LogP contribution in [-0.2, 0) is 0 Å². The first-order valence-electron chi connectivity index (χ1n) is 10.3. The van der Waals surface area contributed by atoms with Gasteiger partial charge in [0.2, 0.25) is 0 Å². The highest BCUT2D eigenvalue weighted by Gasteiger charge is 2.32. The van der Waals surface area contributed by atoms with Crippen molar-refractivity contribution in [2.75, 3.05) is 0 Å². The molecule has 1 aliphatic rings. The second-order valence-corrected chi connectivity index (χ2v) is 7.79. The Bertz CT molecular complexity index is 1450. The Morgan fingerprint density at radius 1 is 0.906 bits per heavy atom. The molecule has 3 aromatic carbocycles. The quantitative estimate of drug-likeness (QED) is 0.391. The Balaban J connectivity index is 1.47. The molecule has 154 valence electrons. The Morgan fingerprint density at radius 3 is 2.53 bits per heavy atom. The van der Waals surface area contributed by atoms with Gasteiger partial charge in [-0.1, -0.05) is 42.5 Å². The van der Waals surface area contributed by atoms with E-state index in [1.807, 2.05) is 42.5 Å². The van der Waals surface area contributed by atoms with E-state index in [4.69, 9.17) is 4.98 Å². The van der Waals surface area contributed by atoms with Gasteiger partial charge in [0, 0.05) is 17.3 Å². The smallest absolute Gasteiger partial charge is 0.252 e. The number of fused-ring (bicyclic) bond motifs is 4. The highest BCUT2D eigenvalue weighted by atomic mass is 16.3. The molecule has 0 unspecified atom stereocenters. The van der Waals surface area contributed by atoms with E-state index in [0.29, 0.717) is 5.56 Å². The van der Waals surface area contributed by atoms with Gasteiger partial charge in [0.15, 0.2) is 0 Å². The Morgan fingerprint density at radius 2 is 1.69 bits per heavy atom. The zero-order valence-corrected chi connectivity index (χ0v) is 16.9. The third-order valence-corrected chi connectivity index (χ3v) is 5.89. The van der Waals surface area contributed by atoms with Crippen LogP contribution in [0.3, 0.4) is 0 Å². The van der Waals surface area contributed by atoms with Crippen LogP contribution in [0.5, 0.6) is 5.75 Å². The number of carbonyl (C=O) groups excluding carboxylic acids is 1. The maximum atomic E-state index is 13.0. The summed E-state index contributed by atoms with van der Waals surface area (Å²) in [7, 11) is 0. The first-order chi connectivity index (χ1) is 15.7. The minimum atomic E-state index is -0.284. The fourth-order valence-electron chi connectivity index (χ4n) is 4.42. The molecule has 0 radical (unpaired) electrons. The zero-order valence-electron chi connectivity index (χ0n) is 16.9. The van der Waals surface area contributed by atoms with Crippen LogP contribution in [0.2, 0.25) is 0 Å². The molecule has 3 N–H and O–H groups in total. The third kappa shape index (κ3) is 2.85. The van der Waals surface area contributed by atoms with Crippen molar-refractivity contribution in [3.63, 3.8) is 0 Å². The van der Waals surface area contributed by atoms with E-state index in [2.05, 4.69) is 21.4 Å². The second-order valence-electron chi connectivity index (χ2n) is 7.79. The maximum Gasteiger partial charge on any atom is 0.252 e. The molecule has 1 aliphatic carbocycles. The van der Waals surface area contributed by atoms with Gasteiger partial charge in [0.1, 0.15) is 11.6 Å². The van der Waals surface area contributed by atoms with Crippen LogP contribution in [0.4, 0.5) is 0 Å². The molecule has 6 nitrogen and oxygen atoms in total. The normalized spacial score (nSPS) is 14.2. The highest BCUT2D eigenvalue weighted by molar-refractivity contribution is 5.97. The molecule has 2 heterocycles. The lowest BCUT2D eigenvalue weighted by Crippen LogP contribution is -2.28. The number of phenolic OH excluding ortho intramolecular Hbond substituents is 1. The van der Waals surface area contributed by atoms with Gasteiger partial charge in [-0.05, 0) is 52.6 Å². The molecular weight excluding hydrogens is 400 g/mol. The number of benzene rings is 3. The van der Waals surface area contributed by atoms with Gasteiger partial charge < -0.3 is 15.4 Å². The first-order valence-corrected chi connectivity index (χ1v) is 10.3. The monoisotopic (exact) mass is 418 g/mol. The summed E-state index contributed by atoms with van der Waals surface area (Å²) >= 11 is 0. The minimum Gasteiger partial charge on any atom is -0.508 e. The molecule has 0 saturated carbocycles. The lowest BCUT2D eigenvalue weighted by Gasteiger charge is -2.16. The summed E-state index contributed by atoms with van der Waals surface area (Å²) in [4.78, 5) is 25.3. The van der Waals surface area contributed by atoms with Gasteiger partial charge in [-0.25, -0.2) is 4.98 Å². The number of aromatic nitrogens is 3. The molecule has 0 fully saturated rings. The minimum absolute atomic E-state index is 0.129. The summed E-state index contributed by atoms with van der Waals surface area (Å²) in [6, 6.07) is 22.1. The van der Waals surface area contributed by atoms with Crippen molar-refractivity contribution >= 4 is 16.9 Å². The molecule has 6 rings (SSSR count). The number of hydrogen-bond donors (Lipinski definition) is 3. The first kappa shape index (κ1) is 18.3. The lowest BCUT2D eigenvalue weighted by molar-refractivity contribution is 0.0943. The number of amides is 1. The van der Waals surface area contributed by atoms with E-state index >= 15 is 0 Å². The van der Waals surface area contributed by atoms with Crippen molar-refractivity contribution in [2.45, 2.75) is 6.04 Å². The number of carbonyl (C=O) groups is 1. The second kappa shape index (κ2) is 7.06. The Kier molecular flexibility index (Phi) is 4.04.